The molecule has 0 saturated carbocycles. The molecule has 1 aliphatic rings. The summed E-state index contributed by atoms with van der Waals surface area (Å²) in [5, 5.41) is 0.994. The highest BCUT2D eigenvalue weighted by Gasteiger charge is 2.34. The van der Waals surface area contributed by atoms with Crippen molar-refractivity contribution in [3.8, 4) is 11.5 Å². The van der Waals surface area contributed by atoms with Gasteiger partial charge in [-0.2, -0.15) is 5.01 Å². The summed E-state index contributed by atoms with van der Waals surface area (Å²) < 4.78 is 23.7. The molecule has 1 saturated heterocycles. The molecule has 0 radical (unpaired) electrons. The van der Waals surface area contributed by atoms with E-state index < -0.39 is 17.6 Å². The molecule has 1 fully saturated rings. The van der Waals surface area contributed by atoms with Crippen LogP contribution in [0.1, 0.15) is 15.9 Å². The molecule has 0 atom stereocenters. The highest BCUT2D eigenvalue weighted by Crippen LogP contribution is 2.34. The van der Waals surface area contributed by atoms with Crippen LogP contribution in [0.15, 0.2) is 47.4 Å². The summed E-state index contributed by atoms with van der Waals surface area (Å²) in [7, 11) is 3.06. The molecule has 0 aliphatic carbocycles. The Labute approximate surface area is 170 Å². The van der Waals surface area contributed by atoms with Gasteiger partial charge in [0, 0.05) is 17.2 Å². The fourth-order valence-corrected chi connectivity index (χ4v) is 3.58. The van der Waals surface area contributed by atoms with Gasteiger partial charge in [0.25, 0.3) is 11.8 Å². The molecule has 0 spiro atoms. The van der Waals surface area contributed by atoms with Gasteiger partial charge in [0.05, 0.1) is 19.1 Å². The van der Waals surface area contributed by atoms with Crippen LogP contribution in [-0.4, -0.2) is 35.4 Å². The predicted octanol–water partition coefficient (Wildman–Crippen LogP) is 3.39. The number of halogens is 1. The van der Waals surface area contributed by atoms with E-state index in [4.69, 9.17) is 21.7 Å². The Bertz CT molecular complexity index is 976. The number of benzene rings is 2. The van der Waals surface area contributed by atoms with Crippen LogP contribution in [0, 0.1) is 5.82 Å². The van der Waals surface area contributed by atoms with Crippen molar-refractivity contribution in [2.24, 2.45) is 0 Å². The lowest BCUT2D eigenvalue weighted by atomic mass is 10.1. The van der Waals surface area contributed by atoms with E-state index in [9.17, 15) is 14.0 Å². The average Bonchev–Trinajstić information content (AvgIpc) is 2.96. The van der Waals surface area contributed by atoms with E-state index in [2.05, 4.69) is 5.43 Å². The topological polar surface area (TPSA) is 67.9 Å². The number of hydrazine groups is 1. The molecular weight excluding hydrogens is 403 g/mol. The summed E-state index contributed by atoms with van der Waals surface area (Å²) >= 11 is 6.25. The van der Waals surface area contributed by atoms with Crippen molar-refractivity contribution in [2.75, 3.05) is 14.2 Å². The maximum atomic E-state index is 13.0. The van der Waals surface area contributed by atoms with E-state index in [-0.39, 0.29) is 9.88 Å². The number of hydrogen-bond donors (Lipinski definition) is 1. The first kappa shape index (κ1) is 19.8. The molecule has 0 aromatic heterocycles. The third-order valence-corrected chi connectivity index (χ3v) is 5.14. The fraction of sp³-hybridized carbons (Fsp3) is 0.105. The number of hydrogen-bond acceptors (Lipinski definition) is 6. The fourth-order valence-electron chi connectivity index (χ4n) is 2.41. The summed E-state index contributed by atoms with van der Waals surface area (Å²) in [4.78, 5) is 25.3. The van der Waals surface area contributed by atoms with E-state index in [0.29, 0.717) is 22.0 Å². The normalized spacial score (nSPS) is 15.1. The molecule has 0 unspecified atom stereocenters. The summed E-state index contributed by atoms with van der Waals surface area (Å²) in [5.74, 6) is -0.352. The maximum absolute atomic E-state index is 13.0. The molecule has 6 nitrogen and oxygen atoms in total. The monoisotopic (exact) mass is 418 g/mol. The number of thioether (sulfide) groups is 1. The van der Waals surface area contributed by atoms with Crippen molar-refractivity contribution in [1.82, 2.24) is 10.4 Å². The van der Waals surface area contributed by atoms with Gasteiger partial charge >= 0.3 is 0 Å². The van der Waals surface area contributed by atoms with Crippen LogP contribution in [0.3, 0.4) is 0 Å². The van der Waals surface area contributed by atoms with Crippen LogP contribution >= 0.6 is 24.0 Å². The van der Waals surface area contributed by atoms with Crippen LogP contribution in [-0.2, 0) is 4.79 Å². The summed E-state index contributed by atoms with van der Waals surface area (Å²) in [5.41, 5.74) is 3.31. The first-order chi connectivity index (χ1) is 13.4. The van der Waals surface area contributed by atoms with Gasteiger partial charge < -0.3 is 9.47 Å². The van der Waals surface area contributed by atoms with Crippen LogP contribution < -0.4 is 14.9 Å². The van der Waals surface area contributed by atoms with Gasteiger partial charge in [-0.05, 0) is 54.7 Å². The van der Waals surface area contributed by atoms with Crippen molar-refractivity contribution in [2.45, 2.75) is 0 Å². The van der Waals surface area contributed by atoms with Gasteiger partial charge in [-0.3, -0.25) is 15.0 Å². The van der Waals surface area contributed by atoms with Crippen molar-refractivity contribution in [1.29, 1.82) is 0 Å². The SMILES string of the molecule is COc1ccc(C=C2SC(=S)N(NC(=O)c3ccc(F)cc3)C2=O)c(OC)c1. The van der Waals surface area contributed by atoms with E-state index in [1.54, 1.807) is 31.4 Å². The maximum Gasteiger partial charge on any atom is 0.285 e. The lowest BCUT2D eigenvalue weighted by Gasteiger charge is -2.15. The zero-order valence-corrected chi connectivity index (χ0v) is 16.5. The Morgan fingerprint density at radius 3 is 2.54 bits per heavy atom. The number of carbonyl (C=O) groups excluding carboxylic acids is 2. The predicted molar refractivity (Wildman–Crippen MR) is 108 cm³/mol. The quantitative estimate of drug-likeness (QED) is 0.593. The van der Waals surface area contributed by atoms with E-state index >= 15 is 0 Å². The number of methoxy groups -OCH3 is 2. The molecule has 144 valence electrons. The van der Waals surface area contributed by atoms with Crippen molar-refractivity contribution in [3.05, 3.63) is 64.3 Å². The number of amides is 2. The second-order valence-corrected chi connectivity index (χ2v) is 7.25. The van der Waals surface area contributed by atoms with Crippen molar-refractivity contribution in [3.63, 3.8) is 0 Å². The first-order valence-electron chi connectivity index (χ1n) is 7.99. The average molecular weight is 418 g/mol. The molecule has 0 bridgehead atoms. The smallest absolute Gasteiger partial charge is 0.285 e. The van der Waals surface area contributed by atoms with E-state index in [1.807, 2.05) is 0 Å². The van der Waals surface area contributed by atoms with Crippen molar-refractivity contribution < 1.29 is 23.5 Å². The zero-order valence-electron chi connectivity index (χ0n) is 14.9. The Morgan fingerprint density at radius 2 is 1.89 bits per heavy atom. The van der Waals surface area contributed by atoms with Gasteiger partial charge in [-0.15, -0.1) is 0 Å². The van der Waals surface area contributed by atoms with Crippen molar-refractivity contribution >= 4 is 46.2 Å². The molecule has 28 heavy (non-hydrogen) atoms. The standard InChI is InChI=1S/C19H15FN2O4S2/c1-25-14-8-5-12(15(10-14)26-2)9-16-18(24)22(19(27)28-16)21-17(23)11-3-6-13(20)7-4-11/h3-10H,1-2H3,(H,21,23). The highest BCUT2D eigenvalue weighted by molar-refractivity contribution is 8.26. The Morgan fingerprint density at radius 1 is 1.18 bits per heavy atom. The number of ether oxygens (including phenoxy) is 2. The molecule has 9 heteroatoms. The summed E-state index contributed by atoms with van der Waals surface area (Å²) in [6, 6.07) is 10.2. The lowest BCUT2D eigenvalue weighted by Crippen LogP contribution is -2.44. The van der Waals surface area contributed by atoms with E-state index in [0.717, 1.165) is 28.9 Å². The minimum absolute atomic E-state index is 0.180. The Balaban J connectivity index is 1.80. The molecule has 1 heterocycles. The van der Waals surface area contributed by atoms with Crippen LogP contribution in [0.25, 0.3) is 6.08 Å². The summed E-state index contributed by atoms with van der Waals surface area (Å²) in [6.45, 7) is 0. The Kier molecular flexibility index (Phi) is 5.96. The number of rotatable bonds is 5. The molecular formula is C19H15FN2O4S2. The third-order valence-electron chi connectivity index (χ3n) is 3.84. The van der Waals surface area contributed by atoms with Gasteiger partial charge in [0.15, 0.2) is 4.32 Å². The summed E-state index contributed by atoms with van der Waals surface area (Å²) in [6.07, 6.45) is 1.63. The largest absolute Gasteiger partial charge is 0.497 e. The molecule has 2 aromatic rings. The minimum atomic E-state index is -0.570. The highest BCUT2D eigenvalue weighted by atomic mass is 32.2. The first-order valence-corrected chi connectivity index (χ1v) is 9.22. The number of nitrogens with zero attached hydrogens (tertiary/aromatic N) is 1. The second kappa shape index (κ2) is 8.41. The third kappa shape index (κ3) is 4.15. The van der Waals surface area contributed by atoms with Gasteiger partial charge in [0.2, 0.25) is 0 Å². The van der Waals surface area contributed by atoms with Crippen LogP contribution in [0.2, 0.25) is 0 Å². The Hall–Kier alpha value is -2.91. The number of carbonyl (C=O) groups is 2. The number of thiocarbonyl (C=S) groups is 1. The van der Waals surface area contributed by atoms with Crippen LogP contribution in [0.5, 0.6) is 11.5 Å². The molecule has 1 N–H and O–H groups in total. The zero-order chi connectivity index (χ0) is 20.3. The molecule has 1 aliphatic heterocycles. The van der Waals surface area contributed by atoms with Gasteiger partial charge in [0.1, 0.15) is 17.3 Å². The molecule has 2 amide bonds. The minimum Gasteiger partial charge on any atom is -0.497 e. The second-order valence-electron chi connectivity index (χ2n) is 5.57. The molecule has 3 rings (SSSR count). The number of nitrogens with one attached hydrogen (secondary N) is 1. The van der Waals surface area contributed by atoms with Gasteiger partial charge in [-0.1, -0.05) is 11.8 Å². The van der Waals surface area contributed by atoms with Gasteiger partial charge in [-0.25, -0.2) is 4.39 Å². The van der Waals surface area contributed by atoms with E-state index in [1.165, 1.54) is 19.2 Å². The molecule has 2 aromatic carbocycles. The lowest BCUT2D eigenvalue weighted by molar-refractivity contribution is -0.123. The van der Waals surface area contributed by atoms with Crippen LogP contribution in [0.4, 0.5) is 4.39 Å².